The Morgan fingerprint density at radius 3 is 1.79 bits per heavy atom. The number of benzene rings is 2. The van der Waals surface area contributed by atoms with Gasteiger partial charge in [0.15, 0.2) is 0 Å². The Balaban J connectivity index is 1.14. The molecule has 0 radical (unpaired) electrons. The lowest BCUT2D eigenvalue weighted by Crippen LogP contribution is -2.54. The number of ether oxygens (including phenoxy) is 3. The smallest absolute Gasteiger partial charge is 0.123 e. The molecule has 0 amide bonds. The van der Waals surface area contributed by atoms with E-state index in [0.29, 0.717) is 24.8 Å². The minimum absolute atomic E-state index is 0.0911. The molecule has 0 unspecified atom stereocenters. The highest BCUT2D eigenvalue weighted by Crippen LogP contribution is 2.34. The summed E-state index contributed by atoms with van der Waals surface area (Å²) < 4.78 is 18.5. The second kappa shape index (κ2) is 13.4. The van der Waals surface area contributed by atoms with Crippen LogP contribution in [-0.4, -0.2) is 42.0 Å². The molecule has 0 aliphatic heterocycles. The van der Waals surface area contributed by atoms with Gasteiger partial charge in [-0.15, -0.1) is 0 Å². The van der Waals surface area contributed by atoms with E-state index in [4.69, 9.17) is 14.2 Å². The Labute approximate surface area is 262 Å². The molecule has 0 atom stereocenters. The Bertz CT molecular complexity index is 1150. The molecule has 0 bridgehead atoms. The maximum Gasteiger partial charge on any atom is 0.123 e. The van der Waals surface area contributed by atoms with Crippen molar-refractivity contribution in [2.24, 2.45) is 10.8 Å². The van der Waals surface area contributed by atoms with Crippen LogP contribution in [0, 0.1) is 10.8 Å². The Hall–Kier alpha value is -2.24. The van der Waals surface area contributed by atoms with Gasteiger partial charge in [0.1, 0.15) is 29.5 Å². The van der Waals surface area contributed by atoms with E-state index in [1.54, 1.807) is 0 Å². The third kappa shape index (κ3) is 11.6. The van der Waals surface area contributed by atoms with Crippen molar-refractivity contribution < 1.29 is 14.2 Å². The average Bonchev–Trinajstić information content (AvgIpc) is 2.84. The monoisotopic (exact) mass is 592 g/mol. The molecule has 0 aromatic heterocycles. The van der Waals surface area contributed by atoms with E-state index in [0.717, 1.165) is 55.8 Å². The number of hydrogen-bond donors (Lipinski definition) is 2. The summed E-state index contributed by atoms with van der Waals surface area (Å²) in [6.07, 6.45) is 8.25. The lowest BCUT2D eigenvalue weighted by atomic mass is 9.77. The molecule has 4 rings (SSSR count). The zero-order chi connectivity index (χ0) is 31.5. The van der Waals surface area contributed by atoms with Crippen molar-refractivity contribution in [2.45, 2.75) is 150 Å². The van der Waals surface area contributed by atoms with Gasteiger partial charge in [-0.05, 0) is 120 Å². The average molecular weight is 593 g/mol. The number of rotatable bonds is 14. The maximum atomic E-state index is 6.28. The van der Waals surface area contributed by atoms with Gasteiger partial charge in [0.25, 0.3) is 0 Å². The van der Waals surface area contributed by atoms with Gasteiger partial charge in [0.05, 0.1) is 6.61 Å². The van der Waals surface area contributed by atoms with Crippen molar-refractivity contribution in [1.29, 1.82) is 0 Å². The second-order valence-corrected chi connectivity index (χ2v) is 17.0. The predicted octanol–water partition coefficient (Wildman–Crippen LogP) is 8.74. The fourth-order valence-electron chi connectivity index (χ4n) is 6.10. The minimum Gasteiger partial charge on any atom is -0.493 e. The Kier molecular flexibility index (Phi) is 10.5. The summed E-state index contributed by atoms with van der Waals surface area (Å²) in [5.41, 5.74) is 2.01. The topological polar surface area (TPSA) is 51.8 Å². The van der Waals surface area contributed by atoms with Crippen LogP contribution >= 0.6 is 0 Å². The summed E-state index contributed by atoms with van der Waals surface area (Å²) in [5.74, 6) is 2.78. The molecule has 43 heavy (non-hydrogen) atoms. The normalized spacial score (nSPS) is 22.8. The number of nitrogens with one attached hydrogen (secondary N) is 2. The Morgan fingerprint density at radius 2 is 1.21 bits per heavy atom. The van der Waals surface area contributed by atoms with Gasteiger partial charge in [-0.1, -0.05) is 52.8 Å². The summed E-state index contributed by atoms with van der Waals surface area (Å²) in [5, 5.41) is 7.59. The van der Waals surface area contributed by atoms with Crippen LogP contribution in [0.15, 0.2) is 48.5 Å². The zero-order valence-corrected chi connectivity index (χ0v) is 28.8. The molecule has 2 aromatic rings. The predicted molar refractivity (Wildman–Crippen MR) is 180 cm³/mol. The van der Waals surface area contributed by atoms with E-state index in [1.807, 2.05) is 24.3 Å². The molecular formula is C38H60N2O3. The quantitative estimate of drug-likeness (QED) is 0.230. The van der Waals surface area contributed by atoms with Crippen LogP contribution in [0.2, 0.25) is 0 Å². The molecule has 2 aromatic carbocycles. The molecular weight excluding hydrogens is 532 g/mol. The fourth-order valence-corrected chi connectivity index (χ4v) is 6.10. The first-order valence-corrected chi connectivity index (χ1v) is 16.6. The zero-order valence-electron chi connectivity index (χ0n) is 28.8. The molecule has 0 saturated heterocycles. The molecule has 2 N–H and O–H groups in total. The largest absolute Gasteiger partial charge is 0.493 e. The highest BCUT2D eigenvalue weighted by Gasteiger charge is 2.36. The van der Waals surface area contributed by atoms with Crippen LogP contribution < -0.4 is 24.8 Å². The van der Waals surface area contributed by atoms with E-state index in [1.165, 1.54) is 12.0 Å². The first-order chi connectivity index (χ1) is 19.9. The van der Waals surface area contributed by atoms with Crippen LogP contribution in [0.5, 0.6) is 17.2 Å². The van der Waals surface area contributed by atoms with E-state index >= 15 is 0 Å². The van der Waals surface area contributed by atoms with Crippen molar-refractivity contribution in [3.63, 3.8) is 0 Å². The summed E-state index contributed by atoms with van der Waals surface area (Å²) in [7, 11) is 0. The van der Waals surface area contributed by atoms with Crippen LogP contribution in [0.25, 0.3) is 0 Å². The van der Waals surface area contributed by atoms with E-state index in [9.17, 15) is 0 Å². The summed E-state index contributed by atoms with van der Waals surface area (Å²) in [4.78, 5) is 0. The van der Waals surface area contributed by atoms with Crippen LogP contribution in [0.1, 0.15) is 113 Å². The van der Waals surface area contributed by atoms with Crippen LogP contribution in [-0.2, 0) is 6.42 Å². The molecule has 2 aliphatic carbocycles. The van der Waals surface area contributed by atoms with Gasteiger partial charge in [-0.2, -0.15) is 0 Å². The Morgan fingerprint density at radius 1 is 0.651 bits per heavy atom. The van der Waals surface area contributed by atoms with Crippen LogP contribution in [0.3, 0.4) is 0 Å². The second-order valence-electron chi connectivity index (χ2n) is 17.0. The van der Waals surface area contributed by atoms with Crippen LogP contribution in [0.4, 0.5) is 0 Å². The molecule has 2 aliphatic rings. The highest BCUT2D eigenvalue weighted by molar-refractivity contribution is 5.33. The molecule has 0 heterocycles. The lowest BCUT2D eigenvalue weighted by Gasteiger charge is -2.42. The van der Waals surface area contributed by atoms with Gasteiger partial charge < -0.3 is 24.8 Å². The van der Waals surface area contributed by atoms with Gasteiger partial charge in [0.2, 0.25) is 0 Å². The molecule has 5 nitrogen and oxygen atoms in total. The van der Waals surface area contributed by atoms with E-state index < -0.39 is 0 Å². The molecule has 240 valence electrons. The van der Waals surface area contributed by atoms with E-state index in [2.05, 4.69) is 104 Å². The van der Waals surface area contributed by atoms with Gasteiger partial charge in [-0.25, -0.2) is 0 Å². The van der Waals surface area contributed by atoms with Crippen molar-refractivity contribution in [3.8, 4) is 17.2 Å². The van der Waals surface area contributed by atoms with E-state index in [-0.39, 0.29) is 28.0 Å². The third-order valence-corrected chi connectivity index (χ3v) is 8.54. The summed E-state index contributed by atoms with van der Waals surface area (Å²) in [6.45, 7) is 23.4. The highest BCUT2D eigenvalue weighted by atomic mass is 16.5. The summed E-state index contributed by atoms with van der Waals surface area (Å²) >= 11 is 0. The molecule has 0 spiro atoms. The lowest BCUT2D eigenvalue weighted by molar-refractivity contribution is 0.0677. The number of hydrogen-bond acceptors (Lipinski definition) is 5. The maximum absolute atomic E-state index is 6.28. The standard InChI is InChI=1S/C38H60N2O3/c1-35(2,3)26-41-31-12-11-13-32(24-31)43-34-22-29(23-34)40-38(9,10)19-18-37(7,8)25-27-14-16-30(17-15-27)42-33-20-28(21-33)39-36(4,5)6/h11-17,24,28-29,33-34,39-40H,18-23,25-26H2,1-10H3/t28-,29-,33+,34+. The SMILES string of the molecule is CC(C)(C)COc1cccc(O[C@H]2C[C@@H](NC(C)(C)CCC(C)(C)Cc3ccc(O[C@H]4C[C@@H](NC(C)(C)C)C4)cc3)C2)c1. The molecule has 5 heteroatoms. The first-order valence-electron chi connectivity index (χ1n) is 16.6. The third-order valence-electron chi connectivity index (χ3n) is 8.54. The van der Waals surface area contributed by atoms with Gasteiger partial charge in [0, 0.05) is 29.2 Å². The van der Waals surface area contributed by atoms with Crippen molar-refractivity contribution in [2.75, 3.05) is 6.61 Å². The summed E-state index contributed by atoms with van der Waals surface area (Å²) in [6, 6.07) is 18.0. The molecule has 2 saturated carbocycles. The van der Waals surface area contributed by atoms with Crippen molar-refractivity contribution in [3.05, 3.63) is 54.1 Å². The fraction of sp³-hybridized carbons (Fsp3) is 0.684. The first kappa shape index (κ1) is 33.6. The van der Waals surface area contributed by atoms with Gasteiger partial charge >= 0.3 is 0 Å². The molecule has 2 fully saturated rings. The minimum atomic E-state index is 0.0911. The van der Waals surface area contributed by atoms with Gasteiger partial charge in [-0.3, -0.25) is 0 Å². The van der Waals surface area contributed by atoms with Crippen molar-refractivity contribution >= 4 is 0 Å². The van der Waals surface area contributed by atoms with Crippen molar-refractivity contribution in [1.82, 2.24) is 10.6 Å².